The average molecular weight is 276 g/mol. The summed E-state index contributed by atoms with van der Waals surface area (Å²) in [6, 6.07) is 8.81. The first-order valence-electron chi connectivity index (χ1n) is 6.90. The van der Waals surface area contributed by atoms with E-state index >= 15 is 0 Å². The number of rotatable bonds is 2. The molecule has 102 valence electrons. The molecule has 3 rings (SSSR count). The van der Waals surface area contributed by atoms with Crippen molar-refractivity contribution in [2.75, 3.05) is 32.8 Å². The van der Waals surface area contributed by atoms with E-state index in [0.29, 0.717) is 5.25 Å². The molecule has 1 saturated heterocycles. The Labute approximate surface area is 119 Å². The first-order valence-corrected chi connectivity index (χ1v) is 7.78. The lowest BCUT2D eigenvalue weighted by atomic mass is 10.1. The van der Waals surface area contributed by atoms with Gasteiger partial charge >= 0.3 is 0 Å². The van der Waals surface area contributed by atoms with Crippen LogP contribution in [0.5, 0.6) is 0 Å². The van der Waals surface area contributed by atoms with E-state index in [1.165, 1.54) is 16.3 Å². The first-order chi connectivity index (χ1) is 9.31. The van der Waals surface area contributed by atoms with Crippen molar-refractivity contribution in [1.82, 2.24) is 4.90 Å². The number of nitrogens with zero attached hydrogens (tertiary/aromatic N) is 2. The molecule has 1 aromatic carbocycles. The maximum Gasteiger partial charge on any atom is 0.159 e. The average Bonchev–Trinajstić information content (AvgIpc) is 2.88. The lowest BCUT2D eigenvalue weighted by Crippen LogP contribution is -2.39. The molecular formula is C15H20N2OS. The van der Waals surface area contributed by atoms with Crippen LogP contribution in [-0.4, -0.2) is 48.2 Å². The molecule has 1 aromatic rings. The monoisotopic (exact) mass is 276 g/mol. The smallest absolute Gasteiger partial charge is 0.159 e. The molecule has 0 spiro atoms. The topological polar surface area (TPSA) is 24.8 Å². The summed E-state index contributed by atoms with van der Waals surface area (Å²) in [7, 11) is 0. The molecule has 0 bridgehead atoms. The Bertz CT molecular complexity index is 469. The van der Waals surface area contributed by atoms with Gasteiger partial charge in [-0.3, -0.25) is 4.99 Å². The number of aliphatic imine (C=N–C) groups is 1. The van der Waals surface area contributed by atoms with Gasteiger partial charge in [0.1, 0.15) is 0 Å². The SMILES string of the molecule is Cc1cccc(C[C@@H]2CN=C(N3CCOCC3)S2)c1. The fourth-order valence-corrected chi connectivity index (χ4v) is 3.74. The zero-order valence-electron chi connectivity index (χ0n) is 11.3. The van der Waals surface area contributed by atoms with E-state index in [-0.39, 0.29) is 0 Å². The fourth-order valence-electron chi connectivity index (χ4n) is 2.54. The van der Waals surface area contributed by atoms with Gasteiger partial charge in [0.25, 0.3) is 0 Å². The van der Waals surface area contributed by atoms with E-state index < -0.39 is 0 Å². The summed E-state index contributed by atoms with van der Waals surface area (Å²) in [6.07, 6.45) is 1.11. The van der Waals surface area contributed by atoms with Crippen LogP contribution in [0.4, 0.5) is 0 Å². The van der Waals surface area contributed by atoms with Crippen LogP contribution in [0, 0.1) is 6.92 Å². The maximum atomic E-state index is 5.39. The van der Waals surface area contributed by atoms with E-state index in [9.17, 15) is 0 Å². The van der Waals surface area contributed by atoms with Crippen molar-refractivity contribution in [2.45, 2.75) is 18.6 Å². The summed E-state index contributed by atoms with van der Waals surface area (Å²) in [5.74, 6) is 0. The standard InChI is InChI=1S/C15H20N2OS/c1-12-3-2-4-13(9-12)10-14-11-16-15(19-14)17-5-7-18-8-6-17/h2-4,9,14H,5-8,10-11H2,1H3/t14-/m1/s1. The number of hydrogen-bond donors (Lipinski definition) is 0. The number of morpholine rings is 1. The lowest BCUT2D eigenvalue weighted by molar-refractivity contribution is 0.0693. The molecule has 2 aliphatic heterocycles. The Kier molecular flexibility index (Phi) is 4.09. The normalized spacial score (nSPS) is 23.5. The molecule has 2 aliphatic rings. The minimum atomic E-state index is 0.597. The predicted molar refractivity (Wildman–Crippen MR) is 81.0 cm³/mol. The van der Waals surface area contributed by atoms with Crippen LogP contribution in [0.25, 0.3) is 0 Å². The van der Waals surface area contributed by atoms with Gasteiger partial charge < -0.3 is 9.64 Å². The minimum Gasteiger partial charge on any atom is -0.378 e. The number of thioether (sulfide) groups is 1. The third-order valence-electron chi connectivity index (χ3n) is 3.53. The Morgan fingerprint density at radius 3 is 3.00 bits per heavy atom. The maximum absolute atomic E-state index is 5.39. The van der Waals surface area contributed by atoms with Crippen molar-refractivity contribution < 1.29 is 4.74 Å². The molecule has 1 fully saturated rings. The molecule has 0 aromatic heterocycles. The molecule has 3 nitrogen and oxygen atoms in total. The lowest BCUT2D eigenvalue weighted by Gasteiger charge is -2.28. The third kappa shape index (κ3) is 3.31. The van der Waals surface area contributed by atoms with E-state index in [2.05, 4.69) is 36.1 Å². The van der Waals surface area contributed by atoms with E-state index in [1.54, 1.807) is 0 Å². The fraction of sp³-hybridized carbons (Fsp3) is 0.533. The summed E-state index contributed by atoms with van der Waals surface area (Å²) >= 11 is 1.94. The predicted octanol–water partition coefficient (Wildman–Crippen LogP) is 2.34. The molecule has 0 aliphatic carbocycles. The third-order valence-corrected chi connectivity index (χ3v) is 4.78. The number of amidine groups is 1. The highest BCUT2D eigenvalue weighted by Gasteiger charge is 2.25. The molecule has 0 saturated carbocycles. The van der Waals surface area contributed by atoms with Crippen LogP contribution < -0.4 is 0 Å². The summed E-state index contributed by atoms with van der Waals surface area (Å²) in [5, 5.41) is 1.82. The van der Waals surface area contributed by atoms with Gasteiger partial charge in [-0.1, -0.05) is 41.6 Å². The number of aryl methyl sites for hydroxylation is 1. The summed E-state index contributed by atoms with van der Waals surface area (Å²) in [6.45, 7) is 6.75. The Morgan fingerprint density at radius 1 is 1.37 bits per heavy atom. The van der Waals surface area contributed by atoms with Gasteiger partial charge in [-0.2, -0.15) is 0 Å². The second kappa shape index (κ2) is 5.97. The highest BCUT2D eigenvalue weighted by Crippen LogP contribution is 2.27. The van der Waals surface area contributed by atoms with Gasteiger partial charge in [0.2, 0.25) is 0 Å². The van der Waals surface area contributed by atoms with Gasteiger partial charge in [0.15, 0.2) is 5.17 Å². The number of hydrogen-bond acceptors (Lipinski definition) is 4. The number of ether oxygens (including phenoxy) is 1. The van der Waals surface area contributed by atoms with Gasteiger partial charge in [-0.15, -0.1) is 0 Å². The molecule has 4 heteroatoms. The van der Waals surface area contributed by atoms with Crippen LogP contribution in [0.15, 0.2) is 29.3 Å². The highest BCUT2D eigenvalue weighted by atomic mass is 32.2. The highest BCUT2D eigenvalue weighted by molar-refractivity contribution is 8.14. The van der Waals surface area contributed by atoms with Crippen LogP contribution in [0.2, 0.25) is 0 Å². The molecule has 19 heavy (non-hydrogen) atoms. The van der Waals surface area contributed by atoms with Gasteiger partial charge in [-0.05, 0) is 18.9 Å². The van der Waals surface area contributed by atoms with Crippen molar-refractivity contribution >= 4 is 16.9 Å². The molecule has 0 N–H and O–H groups in total. The van der Waals surface area contributed by atoms with E-state index in [1.807, 2.05) is 11.8 Å². The van der Waals surface area contributed by atoms with Crippen molar-refractivity contribution in [3.63, 3.8) is 0 Å². The second-order valence-electron chi connectivity index (χ2n) is 5.16. The molecular weight excluding hydrogens is 256 g/mol. The van der Waals surface area contributed by atoms with Gasteiger partial charge in [0.05, 0.1) is 19.8 Å². The van der Waals surface area contributed by atoms with Gasteiger partial charge in [-0.25, -0.2) is 0 Å². The minimum absolute atomic E-state index is 0.597. The van der Waals surface area contributed by atoms with Crippen LogP contribution >= 0.6 is 11.8 Å². The quantitative estimate of drug-likeness (QED) is 0.829. The summed E-state index contributed by atoms with van der Waals surface area (Å²) < 4.78 is 5.39. The molecule has 0 unspecified atom stereocenters. The zero-order chi connectivity index (χ0) is 13.1. The van der Waals surface area contributed by atoms with Crippen molar-refractivity contribution in [1.29, 1.82) is 0 Å². The van der Waals surface area contributed by atoms with Crippen molar-refractivity contribution in [2.24, 2.45) is 4.99 Å². The number of benzene rings is 1. The molecule has 2 heterocycles. The summed E-state index contributed by atoms with van der Waals surface area (Å²) in [4.78, 5) is 7.07. The Balaban J connectivity index is 1.55. The van der Waals surface area contributed by atoms with Crippen LogP contribution in [-0.2, 0) is 11.2 Å². The van der Waals surface area contributed by atoms with Crippen molar-refractivity contribution in [3.05, 3.63) is 35.4 Å². The Hall–Kier alpha value is -1.00. The van der Waals surface area contributed by atoms with E-state index in [0.717, 1.165) is 39.3 Å². The summed E-state index contributed by atoms with van der Waals surface area (Å²) in [5.41, 5.74) is 2.77. The van der Waals surface area contributed by atoms with E-state index in [4.69, 9.17) is 9.73 Å². The molecule has 0 radical (unpaired) electrons. The molecule has 0 amide bonds. The first kappa shape index (κ1) is 13.0. The zero-order valence-corrected chi connectivity index (χ0v) is 12.2. The molecule has 1 atom stereocenters. The van der Waals surface area contributed by atoms with Crippen LogP contribution in [0.1, 0.15) is 11.1 Å². The largest absolute Gasteiger partial charge is 0.378 e. The second-order valence-corrected chi connectivity index (χ2v) is 6.42. The Morgan fingerprint density at radius 2 is 2.21 bits per heavy atom. The van der Waals surface area contributed by atoms with Crippen molar-refractivity contribution in [3.8, 4) is 0 Å². The van der Waals surface area contributed by atoms with Crippen LogP contribution in [0.3, 0.4) is 0 Å². The van der Waals surface area contributed by atoms with Gasteiger partial charge in [0, 0.05) is 18.3 Å².